The van der Waals surface area contributed by atoms with E-state index in [0.717, 1.165) is 6.54 Å². The third kappa shape index (κ3) is 1.42. The third-order valence-electron chi connectivity index (χ3n) is 1.79. The average Bonchev–Trinajstić information content (AvgIpc) is 1.88. The lowest BCUT2D eigenvalue weighted by Crippen LogP contribution is -2.39. The highest BCUT2D eigenvalue weighted by Gasteiger charge is 2.25. The molecule has 0 aromatic carbocycles. The Labute approximate surface area is 59.8 Å². The van der Waals surface area contributed by atoms with Crippen LogP contribution in [0.2, 0.25) is 0 Å². The smallest absolute Gasteiger partial charge is 0.157 e. The molecule has 10 heavy (non-hydrogen) atoms. The maximum absolute atomic E-state index is 11.0. The van der Waals surface area contributed by atoms with E-state index in [1.807, 2.05) is 0 Å². The van der Waals surface area contributed by atoms with Gasteiger partial charge in [0.05, 0.1) is 12.5 Å². The first-order chi connectivity index (χ1) is 4.72. The normalized spacial score (nSPS) is 26.5. The first-order valence-electron chi connectivity index (χ1n) is 3.45. The van der Waals surface area contributed by atoms with Crippen LogP contribution in [0.3, 0.4) is 0 Å². The van der Waals surface area contributed by atoms with Gasteiger partial charge in [-0.25, -0.2) is 0 Å². The third-order valence-corrected chi connectivity index (χ3v) is 1.79. The Morgan fingerprint density at radius 1 is 1.70 bits per heavy atom. The molecule has 1 fully saturated rings. The number of ketones is 2. The molecule has 1 atom stereocenters. The fraction of sp³-hybridized carbons (Fsp3) is 0.714. The number of hydrogen-bond acceptors (Lipinski definition) is 3. The van der Waals surface area contributed by atoms with Gasteiger partial charge in [-0.05, 0) is 19.9 Å². The monoisotopic (exact) mass is 141 g/mol. The lowest BCUT2D eigenvalue weighted by molar-refractivity contribution is -0.132. The molecule has 1 saturated heterocycles. The molecule has 0 aromatic rings. The van der Waals surface area contributed by atoms with Crippen molar-refractivity contribution in [3.63, 3.8) is 0 Å². The minimum absolute atomic E-state index is 0.00602. The minimum atomic E-state index is -0.318. The predicted octanol–water partition coefficient (Wildman–Crippen LogP) is -0.246. The van der Waals surface area contributed by atoms with Crippen LogP contribution in [0.4, 0.5) is 0 Å². The van der Waals surface area contributed by atoms with Crippen LogP contribution in [0.25, 0.3) is 0 Å². The zero-order valence-corrected chi connectivity index (χ0v) is 6.02. The second kappa shape index (κ2) is 2.92. The maximum atomic E-state index is 11.0. The summed E-state index contributed by atoms with van der Waals surface area (Å²) in [5, 5.41) is 2.92. The first-order valence-corrected chi connectivity index (χ1v) is 3.45. The van der Waals surface area contributed by atoms with Crippen molar-refractivity contribution in [1.82, 2.24) is 5.32 Å². The summed E-state index contributed by atoms with van der Waals surface area (Å²) in [6, 6.07) is 0. The van der Waals surface area contributed by atoms with Crippen LogP contribution in [0.15, 0.2) is 0 Å². The summed E-state index contributed by atoms with van der Waals surface area (Å²) in [6.45, 7) is 2.63. The zero-order valence-electron chi connectivity index (χ0n) is 6.02. The van der Waals surface area contributed by atoms with Crippen molar-refractivity contribution in [2.75, 3.05) is 13.1 Å². The van der Waals surface area contributed by atoms with Gasteiger partial charge >= 0.3 is 0 Å². The summed E-state index contributed by atoms with van der Waals surface area (Å²) >= 11 is 0. The van der Waals surface area contributed by atoms with Gasteiger partial charge in [-0.15, -0.1) is 0 Å². The van der Waals surface area contributed by atoms with Gasteiger partial charge in [-0.2, -0.15) is 0 Å². The predicted molar refractivity (Wildman–Crippen MR) is 36.7 cm³/mol. The Morgan fingerprint density at radius 2 is 2.40 bits per heavy atom. The van der Waals surface area contributed by atoms with Crippen molar-refractivity contribution in [3.05, 3.63) is 0 Å². The molecule has 3 heteroatoms. The number of nitrogens with one attached hydrogen (secondary N) is 1. The Morgan fingerprint density at radius 3 is 2.80 bits per heavy atom. The van der Waals surface area contributed by atoms with Gasteiger partial charge in [0.25, 0.3) is 0 Å². The van der Waals surface area contributed by atoms with E-state index in [1.165, 1.54) is 6.92 Å². The van der Waals surface area contributed by atoms with E-state index in [2.05, 4.69) is 5.32 Å². The number of hydrogen-bond donors (Lipinski definition) is 1. The molecule has 1 aliphatic rings. The van der Waals surface area contributed by atoms with E-state index >= 15 is 0 Å². The molecule has 0 spiro atoms. The topological polar surface area (TPSA) is 46.2 Å². The number of rotatable bonds is 1. The minimum Gasteiger partial charge on any atom is -0.310 e. The van der Waals surface area contributed by atoms with Crippen LogP contribution in [0.5, 0.6) is 0 Å². The van der Waals surface area contributed by atoms with E-state index in [9.17, 15) is 9.59 Å². The van der Waals surface area contributed by atoms with Gasteiger partial charge in [0, 0.05) is 0 Å². The highest BCUT2D eigenvalue weighted by atomic mass is 16.2. The van der Waals surface area contributed by atoms with Crippen LogP contribution >= 0.6 is 0 Å². The molecule has 1 heterocycles. The molecular formula is C7H11NO2. The largest absolute Gasteiger partial charge is 0.310 e. The highest BCUT2D eigenvalue weighted by molar-refractivity contribution is 6.02. The molecule has 0 aliphatic carbocycles. The van der Waals surface area contributed by atoms with Gasteiger partial charge in [0.2, 0.25) is 0 Å². The van der Waals surface area contributed by atoms with E-state index < -0.39 is 0 Å². The highest BCUT2D eigenvalue weighted by Crippen LogP contribution is 2.08. The Bertz CT molecular complexity index is 165. The summed E-state index contributed by atoms with van der Waals surface area (Å²) in [5.74, 6) is -0.272. The van der Waals surface area contributed by atoms with Gasteiger partial charge < -0.3 is 5.32 Å². The summed E-state index contributed by atoms with van der Waals surface area (Å²) in [4.78, 5) is 21.7. The summed E-state index contributed by atoms with van der Waals surface area (Å²) in [6.07, 6.45) is 0.675. The zero-order chi connectivity index (χ0) is 7.56. The van der Waals surface area contributed by atoms with Crippen LogP contribution in [-0.4, -0.2) is 24.7 Å². The summed E-state index contributed by atoms with van der Waals surface area (Å²) < 4.78 is 0. The van der Waals surface area contributed by atoms with Crippen LogP contribution in [0, 0.1) is 5.92 Å². The number of piperidine rings is 1. The number of carbonyl (C=O) groups is 2. The van der Waals surface area contributed by atoms with Gasteiger partial charge in [0.1, 0.15) is 5.78 Å². The molecule has 0 saturated carbocycles. The molecule has 1 unspecified atom stereocenters. The van der Waals surface area contributed by atoms with E-state index in [-0.39, 0.29) is 17.5 Å². The van der Waals surface area contributed by atoms with E-state index in [1.54, 1.807) is 0 Å². The molecule has 0 bridgehead atoms. The molecule has 56 valence electrons. The lowest BCUT2D eigenvalue weighted by atomic mass is 9.93. The van der Waals surface area contributed by atoms with Crippen molar-refractivity contribution in [2.24, 2.45) is 5.92 Å². The van der Waals surface area contributed by atoms with Crippen LogP contribution in [0.1, 0.15) is 13.3 Å². The van der Waals surface area contributed by atoms with Gasteiger partial charge in [-0.1, -0.05) is 0 Å². The van der Waals surface area contributed by atoms with Gasteiger partial charge in [0.15, 0.2) is 5.78 Å². The molecule has 1 rings (SSSR count). The standard InChI is InChI=1S/C7H11NO2/c1-5(9)6-2-3-8-4-7(6)10/h6,8H,2-4H2,1H3. The molecule has 0 amide bonds. The van der Waals surface area contributed by atoms with E-state index in [4.69, 9.17) is 0 Å². The first kappa shape index (κ1) is 7.41. The molecular weight excluding hydrogens is 130 g/mol. The molecule has 0 radical (unpaired) electrons. The van der Waals surface area contributed by atoms with Crippen molar-refractivity contribution >= 4 is 11.6 Å². The second-order valence-corrected chi connectivity index (χ2v) is 2.60. The fourth-order valence-electron chi connectivity index (χ4n) is 1.17. The van der Waals surface area contributed by atoms with Crippen molar-refractivity contribution < 1.29 is 9.59 Å². The van der Waals surface area contributed by atoms with Crippen molar-refractivity contribution in [3.8, 4) is 0 Å². The molecule has 0 aromatic heterocycles. The van der Waals surface area contributed by atoms with Crippen LogP contribution in [-0.2, 0) is 9.59 Å². The molecule has 1 aliphatic heterocycles. The summed E-state index contributed by atoms with van der Waals surface area (Å²) in [7, 11) is 0. The number of carbonyl (C=O) groups excluding carboxylic acids is 2. The Balaban J connectivity index is 2.56. The van der Waals surface area contributed by atoms with E-state index in [0.29, 0.717) is 13.0 Å². The lowest BCUT2D eigenvalue weighted by Gasteiger charge is -2.18. The quantitative estimate of drug-likeness (QED) is 0.512. The summed E-state index contributed by atoms with van der Waals surface area (Å²) in [5.41, 5.74) is 0. The average molecular weight is 141 g/mol. The van der Waals surface area contributed by atoms with Crippen LogP contribution < -0.4 is 5.32 Å². The van der Waals surface area contributed by atoms with Crippen molar-refractivity contribution in [1.29, 1.82) is 0 Å². The Kier molecular flexibility index (Phi) is 2.17. The maximum Gasteiger partial charge on any atom is 0.157 e. The Hall–Kier alpha value is -0.700. The van der Waals surface area contributed by atoms with Gasteiger partial charge in [-0.3, -0.25) is 9.59 Å². The fourth-order valence-corrected chi connectivity index (χ4v) is 1.17. The second-order valence-electron chi connectivity index (χ2n) is 2.60. The SMILES string of the molecule is CC(=O)C1CCNCC1=O. The molecule has 3 nitrogen and oxygen atoms in total. The molecule has 1 N–H and O–H groups in total. The van der Waals surface area contributed by atoms with Crippen molar-refractivity contribution in [2.45, 2.75) is 13.3 Å². The number of Topliss-reactive ketones (excluding diaryl/α,β-unsaturated/α-hetero) is 2.